The molecule has 3 rings (SSSR count). The van der Waals surface area contributed by atoms with Crippen LogP contribution in [0.3, 0.4) is 0 Å². The molecule has 1 aromatic heterocycles. The minimum Gasteiger partial charge on any atom is -0.340 e. The molecule has 0 spiro atoms. The van der Waals surface area contributed by atoms with Crippen molar-refractivity contribution in [2.45, 2.75) is 46.6 Å². The number of aromatic amines is 1. The lowest BCUT2D eigenvalue weighted by Crippen LogP contribution is -2.36. The largest absolute Gasteiger partial charge is 0.340 e. The smallest absolute Gasteiger partial charge is 0.226 e. The summed E-state index contributed by atoms with van der Waals surface area (Å²) in [6, 6.07) is 6.50. The van der Waals surface area contributed by atoms with Crippen LogP contribution < -0.4 is 0 Å². The molecule has 1 aliphatic rings. The summed E-state index contributed by atoms with van der Waals surface area (Å²) in [5, 5.41) is 0. The summed E-state index contributed by atoms with van der Waals surface area (Å²) in [4.78, 5) is 22.9. The van der Waals surface area contributed by atoms with Gasteiger partial charge in [-0.15, -0.1) is 0 Å². The van der Waals surface area contributed by atoms with Crippen LogP contribution in [-0.2, 0) is 4.79 Å². The van der Waals surface area contributed by atoms with Crippen LogP contribution in [0, 0.1) is 22.3 Å². The van der Waals surface area contributed by atoms with Gasteiger partial charge in [-0.25, -0.2) is 4.98 Å². The lowest BCUT2D eigenvalue weighted by molar-refractivity contribution is -0.137. The minimum atomic E-state index is 0.0499. The molecule has 4 nitrogen and oxygen atoms in total. The van der Waals surface area contributed by atoms with E-state index in [1.807, 2.05) is 18.0 Å². The topological polar surface area (TPSA) is 49.0 Å². The van der Waals surface area contributed by atoms with Gasteiger partial charge >= 0.3 is 0 Å². The fourth-order valence-electron chi connectivity index (χ4n) is 3.33. The number of carbonyl (C=O) groups is 1. The van der Waals surface area contributed by atoms with Gasteiger partial charge in [0, 0.05) is 16.0 Å². The van der Waals surface area contributed by atoms with Gasteiger partial charge in [-0.3, -0.25) is 4.79 Å². The van der Waals surface area contributed by atoms with Crippen LogP contribution in [0.2, 0.25) is 0 Å². The van der Waals surface area contributed by atoms with E-state index in [9.17, 15) is 4.79 Å². The maximum Gasteiger partial charge on any atom is 0.226 e. The van der Waals surface area contributed by atoms with Crippen molar-refractivity contribution in [1.29, 1.82) is 0 Å². The molecule has 1 N–H and O–H groups in total. The van der Waals surface area contributed by atoms with Crippen LogP contribution in [0.25, 0.3) is 11.3 Å². The number of carbonyl (C=O) groups excluding carboxylic acids is 1. The molecule has 5 heteroatoms. The first-order valence-corrected chi connectivity index (χ1v) is 10.1. The number of H-pyrrole nitrogens is 1. The summed E-state index contributed by atoms with van der Waals surface area (Å²) in [5.41, 5.74) is 3.42. The van der Waals surface area contributed by atoms with Gasteiger partial charge in [0.2, 0.25) is 5.91 Å². The maximum atomic E-state index is 12.8. The Hall–Kier alpha value is -1.37. The van der Waals surface area contributed by atoms with Crippen molar-refractivity contribution in [3.05, 3.63) is 39.4 Å². The molecule has 1 aliphatic heterocycles. The zero-order chi connectivity index (χ0) is 18.1. The number of benzene rings is 1. The molecule has 2 atom stereocenters. The quantitative estimate of drug-likeness (QED) is 0.670. The second kappa shape index (κ2) is 7.48. The molecule has 1 aromatic carbocycles. The summed E-state index contributed by atoms with van der Waals surface area (Å²) in [5.74, 6) is 1.57. The SMILES string of the molecule is Cc1cc(-c2cnc([C@@H]3CCCN3C(=O)[C@@H](C)C(C)C)[nH]2)ccc1I. The first-order valence-electron chi connectivity index (χ1n) is 9.00. The van der Waals surface area contributed by atoms with Crippen LogP contribution in [0.5, 0.6) is 0 Å². The van der Waals surface area contributed by atoms with Crippen LogP contribution in [0.15, 0.2) is 24.4 Å². The van der Waals surface area contributed by atoms with Crippen molar-refractivity contribution in [2.24, 2.45) is 11.8 Å². The zero-order valence-electron chi connectivity index (χ0n) is 15.3. The average molecular weight is 451 g/mol. The lowest BCUT2D eigenvalue weighted by atomic mass is 9.96. The molecule has 2 aromatic rings. The molecule has 1 amide bonds. The molecule has 2 heterocycles. The molecule has 25 heavy (non-hydrogen) atoms. The average Bonchev–Trinajstić information content (AvgIpc) is 3.24. The summed E-state index contributed by atoms with van der Waals surface area (Å²) in [7, 11) is 0. The first-order chi connectivity index (χ1) is 11.9. The van der Waals surface area contributed by atoms with Crippen molar-refractivity contribution in [3.8, 4) is 11.3 Å². The van der Waals surface area contributed by atoms with E-state index in [2.05, 4.69) is 71.5 Å². The summed E-state index contributed by atoms with van der Waals surface area (Å²) in [6.45, 7) is 9.20. The highest BCUT2D eigenvalue weighted by atomic mass is 127. The fraction of sp³-hybridized carbons (Fsp3) is 0.500. The number of nitrogens with one attached hydrogen (secondary N) is 1. The van der Waals surface area contributed by atoms with E-state index in [1.54, 1.807) is 0 Å². The molecule has 134 valence electrons. The van der Waals surface area contributed by atoms with Crippen molar-refractivity contribution in [3.63, 3.8) is 0 Å². The van der Waals surface area contributed by atoms with Gasteiger partial charge in [-0.1, -0.05) is 26.8 Å². The molecular formula is C20H26IN3O. The van der Waals surface area contributed by atoms with Gasteiger partial charge < -0.3 is 9.88 Å². The van der Waals surface area contributed by atoms with Crippen molar-refractivity contribution in [1.82, 2.24) is 14.9 Å². The van der Waals surface area contributed by atoms with Crippen molar-refractivity contribution < 1.29 is 4.79 Å². The standard InChI is InChI=1S/C20H26IN3O/c1-12(2)14(4)20(25)24-9-5-6-18(24)19-22-11-17(23-19)15-7-8-16(21)13(3)10-15/h7-8,10-12,14,18H,5-6,9H2,1-4H3,(H,22,23)/t14-,18-/m0/s1. The maximum absolute atomic E-state index is 12.8. The Bertz CT molecular complexity index is 768. The van der Waals surface area contributed by atoms with E-state index in [-0.39, 0.29) is 17.9 Å². The Balaban J connectivity index is 1.83. The Morgan fingerprint density at radius 1 is 1.36 bits per heavy atom. The predicted molar refractivity (Wildman–Crippen MR) is 109 cm³/mol. The number of amides is 1. The van der Waals surface area contributed by atoms with Gasteiger partial charge in [0.05, 0.1) is 17.9 Å². The van der Waals surface area contributed by atoms with E-state index in [0.717, 1.165) is 36.5 Å². The molecule has 0 bridgehead atoms. The summed E-state index contributed by atoms with van der Waals surface area (Å²) < 4.78 is 1.26. The van der Waals surface area contributed by atoms with Crippen molar-refractivity contribution >= 4 is 28.5 Å². The number of aryl methyl sites for hydroxylation is 1. The lowest BCUT2D eigenvalue weighted by Gasteiger charge is -2.27. The summed E-state index contributed by atoms with van der Waals surface area (Å²) >= 11 is 2.35. The Kier molecular flexibility index (Phi) is 5.51. The molecule has 0 aliphatic carbocycles. The van der Waals surface area contributed by atoms with E-state index < -0.39 is 0 Å². The van der Waals surface area contributed by atoms with E-state index >= 15 is 0 Å². The van der Waals surface area contributed by atoms with Gasteiger partial charge in [0.25, 0.3) is 0 Å². The van der Waals surface area contributed by atoms with Gasteiger partial charge in [-0.2, -0.15) is 0 Å². The molecule has 1 fully saturated rings. The third kappa shape index (κ3) is 3.76. The second-order valence-electron chi connectivity index (χ2n) is 7.37. The molecular weight excluding hydrogens is 425 g/mol. The van der Waals surface area contributed by atoms with Gasteiger partial charge in [0.15, 0.2) is 0 Å². The van der Waals surface area contributed by atoms with Gasteiger partial charge in [-0.05, 0) is 71.5 Å². The second-order valence-corrected chi connectivity index (χ2v) is 8.53. The molecule has 0 radical (unpaired) electrons. The number of imidazole rings is 1. The van der Waals surface area contributed by atoms with Crippen LogP contribution in [0.1, 0.15) is 51.0 Å². The third-order valence-electron chi connectivity index (χ3n) is 5.31. The zero-order valence-corrected chi connectivity index (χ0v) is 17.5. The number of halogens is 1. The first kappa shape index (κ1) is 18.4. The molecule has 0 unspecified atom stereocenters. The van der Waals surface area contributed by atoms with Crippen molar-refractivity contribution in [2.75, 3.05) is 6.54 Å². The van der Waals surface area contributed by atoms with Gasteiger partial charge in [0.1, 0.15) is 5.82 Å². The minimum absolute atomic E-state index is 0.0499. The van der Waals surface area contributed by atoms with Crippen LogP contribution in [0.4, 0.5) is 0 Å². The number of likely N-dealkylation sites (tertiary alicyclic amines) is 1. The molecule has 0 saturated carbocycles. The highest BCUT2D eigenvalue weighted by Gasteiger charge is 2.34. The van der Waals surface area contributed by atoms with Crippen LogP contribution >= 0.6 is 22.6 Å². The van der Waals surface area contributed by atoms with E-state index in [1.165, 1.54) is 9.13 Å². The number of aromatic nitrogens is 2. The normalized spacial score (nSPS) is 18.8. The van der Waals surface area contributed by atoms with Crippen LogP contribution in [-0.4, -0.2) is 27.3 Å². The summed E-state index contributed by atoms with van der Waals surface area (Å²) in [6.07, 6.45) is 3.92. The Labute approximate surface area is 163 Å². The monoisotopic (exact) mass is 451 g/mol. The van der Waals surface area contributed by atoms with E-state index in [4.69, 9.17) is 0 Å². The van der Waals surface area contributed by atoms with E-state index in [0.29, 0.717) is 5.92 Å². The highest BCUT2D eigenvalue weighted by Crippen LogP contribution is 2.33. The number of hydrogen-bond acceptors (Lipinski definition) is 2. The fourth-order valence-corrected chi connectivity index (χ4v) is 3.66. The predicted octanol–water partition coefficient (Wildman–Crippen LogP) is 4.95. The third-order valence-corrected chi connectivity index (χ3v) is 6.52. The molecule has 1 saturated heterocycles. The number of nitrogens with zero attached hydrogens (tertiary/aromatic N) is 2. The number of rotatable bonds is 4. The number of hydrogen-bond donors (Lipinski definition) is 1. The Morgan fingerprint density at radius 3 is 2.80 bits per heavy atom. The Morgan fingerprint density at radius 2 is 2.12 bits per heavy atom. The highest BCUT2D eigenvalue weighted by molar-refractivity contribution is 14.1.